The molecule has 1 aliphatic heterocycles. The SMILES string of the molecule is O=C(COc1ccc2ccccc2c1)N1N=C2/C(=C\c3ccco3)CCC[C@H]2[C@H]1c1ccco1. The molecule has 2 aromatic carbocycles. The second kappa shape index (κ2) is 8.71. The van der Waals surface area contributed by atoms with Crippen LogP contribution in [0.3, 0.4) is 0 Å². The number of allylic oxidation sites excluding steroid dienone is 1. The van der Waals surface area contributed by atoms with Crippen molar-refractivity contribution < 1.29 is 18.4 Å². The normalized spacial score (nSPS) is 21.0. The van der Waals surface area contributed by atoms with Crippen LogP contribution >= 0.6 is 0 Å². The van der Waals surface area contributed by atoms with E-state index in [0.717, 1.165) is 52.8 Å². The van der Waals surface area contributed by atoms with E-state index in [0.29, 0.717) is 5.75 Å². The fraction of sp³-hybridized carbons (Fsp3) is 0.214. The van der Waals surface area contributed by atoms with Gasteiger partial charge in [-0.25, -0.2) is 5.01 Å². The number of ether oxygens (including phenoxy) is 1. The monoisotopic (exact) mass is 452 g/mol. The first-order valence-corrected chi connectivity index (χ1v) is 11.6. The quantitative estimate of drug-likeness (QED) is 0.360. The molecule has 1 aliphatic carbocycles. The molecule has 0 spiro atoms. The van der Waals surface area contributed by atoms with Crippen LogP contribution in [-0.4, -0.2) is 23.2 Å². The molecule has 0 bridgehead atoms. The zero-order valence-electron chi connectivity index (χ0n) is 18.6. The first-order valence-electron chi connectivity index (χ1n) is 11.6. The zero-order valence-corrected chi connectivity index (χ0v) is 18.6. The third-order valence-electron chi connectivity index (χ3n) is 6.53. The average Bonchev–Trinajstić information content (AvgIpc) is 3.63. The largest absolute Gasteiger partial charge is 0.484 e. The number of carbonyl (C=O) groups is 1. The summed E-state index contributed by atoms with van der Waals surface area (Å²) >= 11 is 0. The van der Waals surface area contributed by atoms with Gasteiger partial charge in [-0.2, -0.15) is 5.10 Å². The minimum atomic E-state index is -0.280. The summed E-state index contributed by atoms with van der Waals surface area (Å²) in [6.45, 7) is -0.101. The Hall–Kier alpha value is -4.06. The van der Waals surface area contributed by atoms with Crippen LogP contribution in [0.25, 0.3) is 16.8 Å². The van der Waals surface area contributed by atoms with Crippen molar-refractivity contribution >= 4 is 28.5 Å². The molecule has 2 atom stereocenters. The molecule has 2 aliphatic rings. The van der Waals surface area contributed by atoms with Crippen LogP contribution < -0.4 is 4.74 Å². The van der Waals surface area contributed by atoms with Crippen LogP contribution in [0, 0.1) is 5.92 Å². The summed E-state index contributed by atoms with van der Waals surface area (Å²) in [5.41, 5.74) is 2.04. The molecule has 0 unspecified atom stereocenters. The van der Waals surface area contributed by atoms with Crippen molar-refractivity contribution in [3.05, 3.63) is 96.3 Å². The van der Waals surface area contributed by atoms with E-state index in [9.17, 15) is 4.79 Å². The number of amides is 1. The summed E-state index contributed by atoms with van der Waals surface area (Å²) in [5.74, 6) is 2.06. The maximum absolute atomic E-state index is 13.4. The van der Waals surface area contributed by atoms with Crippen molar-refractivity contribution in [1.82, 2.24) is 5.01 Å². The third-order valence-corrected chi connectivity index (χ3v) is 6.53. The molecule has 2 aromatic heterocycles. The van der Waals surface area contributed by atoms with E-state index < -0.39 is 0 Å². The van der Waals surface area contributed by atoms with Crippen LogP contribution in [0.1, 0.15) is 36.8 Å². The van der Waals surface area contributed by atoms with Crippen molar-refractivity contribution in [3.8, 4) is 5.75 Å². The lowest BCUT2D eigenvalue weighted by molar-refractivity contribution is -0.136. The number of hydrogen-bond acceptors (Lipinski definition) is 5. The lowest BCUT2D eigenvalue weighted by Gasteiger charge is -2.27. The summed E-state index contributed by atoms with van der Waals surface area (Å²) in [7, 11) is 0. The van der Waals surface area contributed by atoms with Crippen LogP contribution in [-0.2, 0) is 4.79 Å². The van der Waals surface area contributed by atoms with E-state index in [2.05, 4.69) is 0 Å². The summed E-state index contributed by atoms with van der Waals surface area (Å²) < 4.78 is 17.2. The molecule has 0 radical (unpaired) electrons. The number of nitrogens with zero attached hydrogens (tertiary/aromatic N) is 2. The van der Waals surface area contributed by atoms with Gasteiger partial charge in [-0.1, -0.05) is 30.3 Å². The summed E-state index contributed by atoms with van der Waals surface area (Å²) in [5, 5.41) is 8.58. The highest BCUT2D eigenvalue weighted by atomic mass is 16.5. The average molecular weight is 453 g/mol. The van der Waals surface area contributed by atoms with E-state index in [4.69, 9.17) is 18.7 Å². The standard InChI is InChI=1S/C28H24N2O4/c31-26(18-34-23-13-12-19-6-1-2-7-20(19)16-23)30-28(25-11-5-15-33-25)24-10-3-8-21(27(24)29-30)17-22-9-4-14-32-22/h1-2,4-7,9,11-17,24,28H,3,8,10,18H2/b21-17-/t24-,28+/m1/s1. The number of carbonyl (C=O) groups excluding carboxylic acids is 1. The summed E-state index contributed by atoms with van der Waals surface area (Å²) in [4.78, 5) is 13.4. The van der Waals surface area contributed by atoms with Gasteiger partial charge in [0, 0.05) is 5.92 Å². The predicted octanol–water partition coefficient (Wildman–Crippen LogP) is 6.23. The number of hydrogen-bond donors (Lipinski definition) is 0. The lowest BCUT2D eigenvalue weighted by Crippen LogP contribution is -2.34. The van der Waals surface area contributed by atoms with Crippen molar-refractivity contribution in [2.45, 2.75) is 25.3 Å². The van der Waals surface area contributed by atoms with Gasteiger partial charge >= 0.3 is 0 Å². The Labute approximate surface area is 197 Å². The summed E-state index contributed by atoms with van der Waals surface area (Å²) in [6.07, 6.45) is 8.19. The molecule has 3 heterocycles. The van der Waals surface area contributed by atoms with Gasteiger partial charge in [0.2, 0.25) is 0 Å². The van der Waals surface area contributed by atoms with Crippen molar-refractivity contribution in [3.63, 3.8) is 0 Å². The molecule has 1 saturated carbocycles. The third kappa shape index (κ3) is 3.81. The fourth-order valence-electron chi connectivity index (χ4n) is 4.96. The summed E-state index contributed by atoms with van der Waals surface area (Å²) in [6, 6.07) is 21.2. The minimum Gasteiger partial charge on any atom is -0.484 e. The smallest absolute Gasteiger partial charge is 0.281 e. The molecule has 6 heteroatoms. The van der Waals surface area contributed by atoms with Crippen LogP contribution in [0.15, 0.2) is 98.8 Å². The molecular weight excluding hydrogens is 428 g/mol. The van der Waals surface area contributed by atoms with Crippen molar-refractivity contribution in [2.75, 3.05) is 6.61 Å². The molecule has 0 saturated heterocycles. The predicted molar refractivity (Wildman–Crippen MR) is 129 cm³/mol. The maximum Gasteiger partial charge on any atom is 0.281 e. The maximum atomic E-state index is 13.4. The Kier molecular flexibility index (Phi) is 5.26. The van der Waals surface area contributed by atoms with Gasteiger partial charge < -0.3 is 13.6 Å². The van der Waals surface area contributed by atoms with E-state index >= 15 is 0 Å². The zero-order chi connectivity index (χ0) is 22.9. The number of fused-ring (bicyclic) bond motifs is 2. The number of hydrazone groups is 1. The molecule has 0 N–H and O–H groups in total. The molecule has 34 heavy (non-hydrogen) atoms. The molecule has 170 valence electrons. The topological polar surface area (TPSA) is 68.2 Å². The van der Waals surface area contributed by atoms with Crippen LogP contribution in [0.4, 0.5) is 0 Å². The Morgan fingerprint density at radius 1 is 1.03 bits per heavy atom. The van der Waals surface area contributed by atoms with Gasteiger partial charge in [-0.05, 0) is 78.1 Å². The Bertz CT molecular complexity index is 1370. The van der Waals surface area contributed by atoms with Gasteiger partial charge in [0.1, 0.15) is 23.3 Å². The Morgan fingerprint density at radius 2 is 1.88 bits per heavy atom. The highest BCUT2D eigenvalue weighted by Gasteiger charge is 2.45. The minimum absolute atomic E-state index is 0.0748. The molecule has 6 nitrogen and oxygen atoms in total. The van der Waals surface area contributed by atoms with Crippen molar-refractivity contribution in [2.24, 2.45) is 11.0 Å². The van der Waals surface area contributed by atoms with Crippen molar-refractivity contribution in [1.29, 1.82) is 0 Å². The fourth-order valence-corrected chi connectivity index (χ4v) is 4.96. The van der Waals surface area contributed by atoms with Gasteiger partial charge in [-0.3, -0.25) is 4.79 Å². The van der Waals surface area contributed by atoms with E-state index in [1.807, 2.05) is 72.8 Å². The highest BCUT2D eigenvalue weighted by molar-refractivity contribution is 6.08. The second-order valence-corrected chi connectivity index (χ2v) is 8.67. The van der Waals surface area contributed by atoms with Gasteiger partial charge in [-0.15, -0.1) is 0 Å². The van der Waals surface area contributed by atoms with Gasteiger partial charge in [0.05, 0.1) is 18.2 Å². The molecule has 4 aromatic rings. The first kappa shape index (κ1) is 20.5. The highest BCUT2D eigenvalue weighted by Crippen LogP contribution is 2.44. The van der Waals surface area contributed by atoms with E-state index in [1.165, 1.54) is 0 Å². The first-order chi connectivity index (χ1) is 16.8. The van der Waals surface area contributed by atoms with Gasteiger partial charge in [0.15, 0.2) is 6.61 Å². The molecule has 6 rings (SSSR count). The number of benzene rings is 2. The molecule has 1 amide bonds. The Balaban J connectivity index is 1.28. The molecular formula is C28H24N2O4. The molecule has 1 fully saturated rings. The van der Waals surface area contributed by atoms with Gasteiger partial charge in [0.25, 0.3) is 5.91 Å². The Morgan fingerprint density at radius 3 is 2.71 bits per heavy atom. The van der Waals surface area contributed by atoms with Crippen LogP contribution in [0.5, 0.6) is 5.75 Å². The second-order valence-electron chi connectivity index (χ2n) is 8.67. The number of rotatable bonds is 5. The van der Waals surface area contributed by atoms with E-state index in [-0.39, 0.29) is 24.5 Å². The van der Waals surface area contributed by atoms with E-state index in [1.54, 1.807) is 17.5 Å². The number of furan rings is 2. The lowest BCUT2D eigenvalue weighted by atomic mass is 9.79. The van der Waals surface area contributed by atoms with Crippen LogP contribution in [0.2, 0.25) is 0 Å².